The average Bonchev–Trinajstić information content (AvgIpc) is 2.83. The van der Waals surface area contributed by atoms with Gasteiger partial charge in [0.2, 0.25) is 5.17 Å². The number of carbonyl (C=O) groups is 1. The summed E-state index contributed by atoms with van der Waals surface area (Å²) >= 11 is 5.49. The molecule has 1 aliphatic carbocycles. The van der Waals surface area contributed by atoms with Gasteiger partial charge in [0, 0.05) is 6.04 Å². The monoisotopic (exact) mass is 190 g/mol. The number of carbonyl (C=O) groups excluding carboxylic acids is 1. The molecule has 0 heterocycles. The summed E-state index contributed by atoms with van der Waals surface area (Å²) in [7, 11) is 0. The van der Waals surface area contributed by atoms with Gasteiger partial charge in [-0.1, -0.05) is 11.6 Å². The van der Waals surface area contributed by atoms with E-state index >= 15 is 0 Å². The Bertz CT molecular complexity index is 202. The highest BCUT2D eigenvalue weighted by Gasteiger charge is 2.21. The van der Waals surface area contributed by atoms with Crippen LogP contribution in [0.5, 0.6) is 0 Å². The zero-order chi connectivity index (χ0) is 8.97. The molecule has 12 heavy (non-hydrogen) atoms. The predicted molar refractivity (Wildman–Crippen MR) is 46.1 cm³/mol. The third-order valence-electron chi connectivity index (χ3n) is 1.37. The second-order valence-corrected chi connectivity index (χ2v) is 2.88. The Morgan fingerprint density at radius 3 is 2.92 bits per heavy atom. The molecule has 0 bridgehead atoms. The van der Waals surface area contributed by atoms with Crippen LogP contribution in [-0.2, 0) is 9.53 Å². The van der Waals surface area contributed by atoms with Crippen LogP contribution in [0.4, 0.5) is 0 Å². The summed E-state index contributed by atoms with van der Waals surface area (Å²) in [6.07, 6.45) is 2.19. The summed E-state index contributed by atoms with van der Waals surface area (Å²) in [5.74, 6) is -0.577. The molecule has 1 rings (SSSR count). The highest BCUT2D eigenvalue weighted by atomic mass is 35.5. The van der Waals surface area contributed by atoms with Crippen LogP contribution in [0.2, 0.25) is 0 Å². The Hall–Kier alpha value is -0.770. The van der Waals surface area contributed by atoms with Gasteiger partial charge in [0.05, 0.1) is 6.61 Å². The van der Waals surface area contributed by atoms with Crippen molar-refractivity contribution in [2.75, 3.05) is 6.61 Å². The van der Waals surface area contributed by atoms with Gasteiger partial charge in [-0.05, 0) is 19.8 Å². The third-order valence-corrected chi connectivity index (χ3v) is 1.61. The number of halogens is 1. The number of ether oxygens (including phenoxy) is 1. The number of nitrogens with one attached hydrogen (secondary N) is 1. The zero-order valence-corrected chi connectivity index (χ0v) is 7.60. The highest BCUT2D eigenvalue weighted by Crippen LogP contribution is 2.18. The highest BCUT2D eigenvalue weighted by molar-refractivity contribution is 6.81. The Morgan fingerprint density at radius 2 is 2.42 bits per heavy atom. The summed E-state index contributed by atoms with van der Waals surface area (Å²) in [6.45, 7) is 2.03. The first kappa shape index (κ1) is 9.32. The molecule has 0 aromatic heterocycles. The first-order valence-electron chi connectivity index (χ1n) is 3.90. The Morgan fingerprint density at radius 1 is 1.75 bits per heavy atom. The summed E-state index contributed by atoms with van der Waals surface area (Å²) in [4.78, 5) is 10.9. The van der Waals surface area contributed by atoms with Gasteiger partial charge in [-0.3, -0.25) is 0 Å². The van der Waals surface area contributed by atoms with Gasteiger partial charge in [-0.25, -0.2) is 4.79 Å². The van der Waals surface area contributed by atoms with E-state index in [4.69, 9.17) is 11.6 Å². The number of rotatable bonds is 4. The van der Waals surface area contributed by atoms with E-state index in [2.05, 4.69) is 15.3 Å². The first-order chi connectivity index (χ1) is 5.74. The lowest BCUT2D eigenvalue weighted by atomic mass is 10.7. The second kappa shape index (κ2) is 4.30. The lowest BCUT2D eigenvalue weighted by Crippen LogP contribution is -2.17. The Labute approximate surface area is 75.9 Å². The van der Waals surface area contributed by atoms with Crippen molar-refractivity contribution >= 4 is 22.7 Å². The Balaban J connectivity index is 2.27. The number of nitrogens with zero attached hydrogens (tertiary/aromatic N) is 1. The van der Waals surface area contributed by atoms with Crippen molar-refractivity contribution in [2.24, 2.45) is 5.10 Å². The smallest absolute Gasteiger partial charge is 0.370 e. The molecule has 1 fully saturated rings. The molecule has 68 valence electrons. The summed E-state index contributed by atoms with van der Waals surface area (Å²) in [5.41, 5.74) is 2.75. The van der Waals surface area contributed by atoms with Crippen LogP contribution in [0.15, 0.2) is 5.10 Å². The molecule has 1 N–H and O–H groups in total. The predicted octanol–water partition coefficient (Wildman–Crippen LogP) is 0.854. The van der Waals surface area contributed by atoms with Gasteiger partial charge in [0.25, 0.3) is 0 Å². The second-order valence-electron chi connectivity index (χ2n) is 2.53. The van der Waals surface area contributed by atoms with E-state index in [9.17, 15) is 4.79 Å². The molecule has 0 saturated heterocycles. The molecule has 0 atom stereocenters. The van der Waals surface area contributed by atoms with Gasteiger partial charge in [0.15, 0.2) is 0 Å². The number of esters is 1. The van der Waals surface area contributed by atoms with E-state index in [1.807, 2.05) is 0 Å². The molecule has 0 radical (unpaired) electrons. The van der Waals surface area contributed by atoms with Crippen molar-refractivity contribution in [3.63, 3.8) is 0 Å². The quantitative estimate of drug-likeness (QED) is 0.406. The standard InChI is InChI=1S/C7H11ClN2O2/c1-2-12-7(11)6(8)10-9-5-3-4-5/h5,9H,2-4H2,1H3. The molecule has 0 aromatic rings. The van der Waals surface area contributed by atoms with E-state index in [0.717, 1.165) is 12.8 Å². The van der Waals surface area contributed by atoms with Crippen LogP contribution in [0.1, 0.15) is 19.8 Å². The van der Waals surface area contributed by atoms with E-state index < -0.39 is 5.97 Å². The van der Waals surface area contributed by atoms with Gasteiger partial charge in [-0.2, -0.15) is 5.10 Å². The fourth-order valence-electron chi connectivity index (χ4n) is 0.597. The van der Waals surface area contributed by atoms with Crippen LogP contribution < -0.4 is 5.43 Å². The zero-order valence-electron chi connectivity index (χ0n) is 6.84. The van der Waals surface area contributed by atoms with Crippen molar-refractivity contribution in [3.8, 4) is 0 Å². The fourth-order valence-corrected chi connectivity index (χ4v) is 0.700. The number of hydrazone groups is 1. The summed E-state index contributed by atoms with van der Waals surface area (Å²) < 4.78 is 4.61. The molecular formula is C7H11ClN2O2. The van der Waals surface area contributed by atoms with Crippen molar-refractivity contribution < 1.29 is 9.53 Å². The maximum atomic E-state index is 10.9. The lowest BCUT2D eigenvalue weighted by Gasteiger charge is -1.99. The van der Waals surface area contributed by atoms with Crippen LogP contribution >= 0.6 is 11.6 Å². The molecule has 1 aliphatic rings. The molecule has 0 unspecified atom stereocenters. The first-order valence-corrected chi connectivity index (χ1v) is 4.27. The molecule has 5 heteroatoms. The molecule has 0 aromatic carbocycles. The van der Waals surface area contributed by atoms with Crippen LogP contribution in [-0.4, -0.2) is 23.8 Å². The van der Waals surface area contributed by atoms with Crippen molar-refractivity contribution in [1.82, 2.24) is 5.43 Å². The summed E-state index contributed by atoms with van der Waals surface area (Å²) in [5, 5.41) is 3.53. The van der Waals surface area contributed by atoms with Crippen molar-refractivity contribution in [1.29, 1.82) is 0 Å². The van der Waals surface area contributed by atoms with E-state index in [0.29, 0.717) is 12.6 Å². The van der Waals surface area contributed by atoms with Crippen LogP contribution in [0.3, 0.4) is 0 Å². The molecule has 0 aliphatic heterocycles. The lowest BCUT2D eigenvalue weighted by molar-refractivity contribution is -0.134. The minimum atomic E-state index is -0.577. The van der Waals surface area contributed by atoms with Gasteiger partial charge in [-0.15, -0.1) is 0 Å². The van der Waals surface area contributed by atoms with Gasteiger partial charge >= 0.3 is 5.97 Å². The average molecular weight is 191 g/mol. The summed E-state index contributed by atoms with van der Waals surface area (Å²) in [6, 6.07) is 0.396. The van der Waals surface area contributed by atoms with Crippen LogP contribution in [0.25, 0.3) is 0 Å². The maximum absolute atomic E-state index is 10.9. The minimum Gasteiger partial charge on any atom is -0.461 e. The van der Waals surface area contributed by atoms with E-state index in [1.54, 1.807) is 6.92 Å². The van der Waals surface area contributed by atoms with Crippen molar-refractivity contribution in [3.05, 3.63) is 0 Å². The fraction of sp³-hybridized carbons (Fsp3) is 0.714. The van der Waals surface area contributed by atoms with Crippen molar-refractivity contribution in [2.45, 2.75) is 25.8 Å². The maximum Gasteiger partial charge on any atom is 0.370 e. The molecule has 4 nitrogen and oxygen atoms in total. The number of hydrogen-bond donors (Lipinski definition) is 1. The Kier molecular flexibility index (Phi) is 3.34. The number of hydrogen-bond acceptors (Lipinski definition) is 4. The van der Waals surface area contributed by atoms with Crippen LogP contribution in [0, 0.1) is 0 Å². The van der Waals surface area contributed by atoms with E-state index in [1.165, 1.54) is 0 Å². The van der Waals surface area contributed by atoms with Gasteiger partial charge in [0.1, 0.15) is 0 Å². The third kappa shape index (κ3) is 3.09. The molecule has 0 amide bonds. The van der Waals surface area contributed by atoms with E-state index in [-0.39, 0.29) is 5.17 Å². The largest absolute Gasteiger partial charge is 0.461 e. The SMILES string of the molecule is CCOC(=O)C(Cl)=NNC1CC1. The molecule has 0 spiro atoms. The molecular weight excluding hydrogens is 180 g/mol. The topological polar surface area (TPSA) is 50.7 Å². The molecule has 1 saturated carbocycles. The van der Waals surface area contributed by atoms with Gasteiger partial charge < -0.3 is 10.2 Å². The normalized spacial score (nSPS) is 17.3. The minimum absolute atomic E-state index is 0.135.